The first-order valence-electron chi connectivity index (χ1n) is 7.20. The molecule has 20 heavy (non-hydrogen) atoms. The molecule has 110 valence electrons. The second-order valence-electron chi connectivity index (χ2n) is 5.76. The lowest BCUT2D eigenvalue weighted by atomic mass is 9.87. The molecule has 0 radical (unpaired) electrons. The minimum atomic E-state index is -4.28. The smallest absolute Gasteiger partial charge is 0.381 e. The van der Waals surface area contributed by atoms with Gasteiger partial charge in [-0.05, 0) is 37.0 Å². The monoisotopic (exact) mass is 284 g/mol. The summed E-state index contributed by atoms with van der Waals surface area (Å²) in [6.07, 6.45) is -0.829. The third-order valence-electron chi connectivity index (χ3n) is 4.56. The number of hydrogen-bond donors (Lipinski definition) is 1. The summed E-state index contributed by atoms with van der Waals surface area (Å²) in [5.74, 6) is 0.744. The van der Waals surface area contributed by atoms with Crippen LogP contribution in [0.4, 0.5) is 24.5 Å². The highest BCUT2D eigenvalue weighted by Crippen LogP contribution is 2.40. The van der Waals surface area contributed by atoms with Crippen LogP contribution in [0.3, 0.4) is 0 Å². The fourth-order valence-corrected chi connectivity index (χ4v) is 3.35. The normalized spacial score (nSPS) is 25.7. The van der Waals surface area contributed by atoms with E-state index >= 15 is 0 Å². The van der Waals surface area contributed by atoms with Crippen LogP contribution in [0, 0.1) is 5.92 Å². The van der Waals surface area contributed by atoms with Crippen LogP contribution in [0.15, 0.2) is 18.2 Å². The molecule has 2 unspecified atom stereocenters. The Bertz CT molecular complexity index is 498. The van der Waals surface area contributed by atoms with Crippen LogP contribution < -0.4 is 10.2 Å². The Labute approximate surface area is 117 Å². The van der Waals surface area contributed by atoms with E-state index < -0.39 is 11.7 Å². The highest BCUT2D eigenvalue weighted by atomic mass is 19.4. The fourth-order valence-electron chi connectivity index (χ4n) is 3.35. The Kier molecular flexibility index (Phi) is 3.30. The molecular formula is C15H19F3N2. The van der Waals surface area contributed by atoms with Crippen LogP contribution in [0.25, 0.3) is 0 Å². The van der Waals surface area contributed by atoms with Crippen LogP contribution >= 0.6 is 0 Å². The third-order valence-corrected chi connectivity index (χ3v) is 4.56. The Morgan fingerprint density at radius 1 is 1.35 bits per heavy atom. The molecule has 1 aromatic rings. The zero-order valence-corrected chi connectivity index (χ0v) is 11.5. The van der Waals surface area contributed by atoms with Crippen molar-refractivity contribution in [1.29, 1.82) is 0 Å². The second-order valence-corrected chi connectivity index (χ2v) is 5.76. The number of halogens is 3. The number of hydrogen-bond acceptors (Lipinski definition) is 2. The maximum Gasteiger partial charge on any atom is 0.416 e. The number of rotatable bonds is 1. The topological polar surface area (TPSA) is 15.3 Å². The number of benzene rings is 1. The molecule has 0 bridgehead atoms. The largest absolute Gasteiger partial charge is 0.416 e. The highest BCUT2D eigenvalue weighted by Gasteiger charge is 2.35. The van der Waals surface area contributed by atoms with Gasteiger partial charge >= 0.3 is 6.18 Å². The van der Waals surface area contributed by atoms with E-state index in [1.165, 1.54) is 18.6 Å². The van der Waals surface area contributed by atoms with Gasteiger partial charge in [-0.15, -0.1) is 0 Å². The van der Waals surface area contributed by atoms with E-state index in [2.05, 4.69) is 17.1 Å². The Hall–Kier alpha value is -1.39. The lowest BCUT2D eigenvalue weighted by Crippen LogP contribution is -2.49. The Morgan fingerprint density at radius 2 is 2.15 bits per heavy atom. The average Bonchev–Trinajstić information content (AvgIpc) is 2.44. The lowest BCUT2D eigenvalue weighted by molar-refractivity contribution is -0.137. The molecule has 2 heterocycles. The van der Waals surface area contributed by atoms with E-state index in [9.17, 15) is 13.2 Å². The zero-order chi connectivity index (χ0) is 14.3. The van der Waals surface area contributed by atoms with Gasteiger partial charge in [0.1, 0.15) is 0 Å². The Morgan fingerprint density at radius 3 is 2.85 bits per heavy atom. The van der Waals surface area contributed by atoms with Crippen molar-refractivity contribution in [3.63, 3.8) is 0 Å². The number of piperidine rings is 1. The summed E-state index contributed by atoms with van der Waals surface area (Å²) in [6, 6.07) is 4.45. The molecule has 0 aromatic heterocycles. The summed E-state index contributed by atoms with van der Waals surface area (Å²) in [7, 11) is 0. The molecule has 0 amide bonds. The van der Waals surface area contributed by atoms with Gasteiger partial charge in [0, 0.05) is 19.1 Å². The minimum absolute atomic E-state index is 0.415. The standard InChI is InChI=1S/C15H19F3N2/c1-2-10-5-6-20-12(7-10)9-19-13-8-11(15(16,17)18)3-4-14(13)20/h3-4,8,10,12,19H,2,5-7,9H2,1H3. The van der Waals surface area contributed by atoms with Crippen molar-refractivity contribution in [3.8, 4) is 0 Å². The van der Waals surface area contributed by atoms with Crippen LogP contribution in [-0.4, -0.2) is 19.1 Å². The molecular weight excluding hydrogens is 265 g/mol. The van der Waals surface area contributed by atoms with E-state index in [1.807, 2.05) is 0 Å². The van der Waals surface area contributed by atoms with Crippen LogP contribution in [-0.2, 0) is 6.18 Å². The van der Waals surface area contributed by atoms with Gasteiger partial charge in [0.05, 0.1) is 16.9 Å². The van der Waals surface area contributed by atoms with Gasteiger partial charge in [-0.2, -0.15) is 13.2 Å². The van der Waals surface area contributed by atoms with Gasteiger partial charge in [-0.3, -0.25) is 0 Å². The molecule has 2 aliphatic rings. The summed E-state index contributed by atoms with van der Waals surface area (Å²) in [4.78, 5) is 2.28. The Balaban J connectivity index is 1.87. The molecule has 1 saturated heterocycles. The molecule has 0 saturated carbocycles. The molecule has 1 fully saturated rings. The molecule has 1 aromatic carbocycles. The zero-order valence-electron chi connectivity index (χ0n) is 11.5. The lowest BCUT2D eigenvalue weighted by Gasteiger charge is -2.45. The summed E-state index contributed by atoms with van der Waals surface area (Å²) in [5, 5.41) is 3.18. The second kappa shape index (κ2) is 4.86. The molecule has 1 N–H and O–H groups in total. The van der Waals surface area contributed by atoms with Gasteiger partial charge in [-0.1, -0.05) is 13.3 Å². The van der Waals surface area contributed by atoms with Crippen molar-refractivity contribution in [1.82, 2.24) is 0 Å². The van der Waals surface area contributed by atoms with E-state index in [-0.39, 0.29) is 0 Å². The van der Waals surface area contributed by atoms with Crippen LogP contribution in [0.2, 0.25) is 0 Å². The highest BCUT2D eigenvalue weighted by molar-refractivity contribution is 5.74. The number of fused-ring (bicyclic) bond motifs is 3. The first-order chi connectivity index (χ1) is 9.49. The van der Waals surface area contributed by atoms with Crippen LogP contribution in [0.5, 0.6) is 0 Å². The van der Waals surface area contributed by atoms with E-state index in [0.29, 0.717) is 11.7 Å². The average molecular weight is 284 g/mol. The van der Waals surface area contributed by atoms with E-state index in [4.69, 9.17) is 0 Å². The van der Waals surface area contributed by atoms with Gasteiger partial charge in [0.15, 0.2) is 0 Å². The predicted octanol–water partition coefficient (Wildman–Crippen LogP) is 4.13. The van der Waals surface area contributed by atoms with E-state index in [1.54, 1.807) is 6.07 Å². The van der Waals surface area contributed by atoms with Crippen molar-refractivity contribution in [3.05, 3.63) is 23.8 Å². The first-order valence-corrected chi connectivity index (χ1v) is 7.20. The van der Waals surface area contributed by atoms with Crippen molar-refractivity contribution >= 4 is 11.4 Å². The maximum atomic E-state index is 12.7. The van der Waals surface area contributed by atoms with Crippen molar-refractivity contribution in [2.75, 3.05) is 23.3 Å². The van der Waals surface area contributed by atoms with E-state index in [0.717, 1.165) is 37.5 Å². The van der Waals surface area contributed by atoms with Crippen molar-refractivity contribution < 1.29 is 13.2 Å². The molecule has 2 nitrogen and oxygen atoms in total. The molecule has 0 spiro atoms. The number of alkyl halides is 3. The molecule has 0 aliphatic carbocycles. The summed E-state index contributed by atoms with van der Waals surface area (Å²) in [6.45, 7) is 3.90. The third kappa shape index (κ3) is 2.34. The molecule has 5 heteroatoms. The number of nitrogens with one attached hydrogen (secondary N) is 1. The summed E-state index contributed by atoms with van der Waals surface area (Å²) in [5.41, 5.74) is 0.959. The maximum absolute atomic E-state index is 12.7. The minimum Gasteiger partial charge on any atom is -0.381 e. The fraction of sp³-hybridized carbons (Fsp3) is 0.600. The van der Waals surface area contributed by atoms with Gasteiger partial charge in [-0.25, -0.2) is 0 Å². The number of nitrogens with zero attached hydrogens (tertiary/aromatic N) is 1. The number of anilines is 2. The van der Waals surface area contributed by atoms with Gasteiger partial charge in [0.2, 0.25) is 0 Å². The summed E-state index contributed by atoms with van der Waals surface area (Å²) < 4.78 is 38.2. The SMILES string of the molecule is CCC1CCN2c3ccc(C(F)(F)F)cc3NCC2C1. The molecule has 3 rings (SSSR count). The van der Waals surface area contributed by atoms with Crippen molar-refractivity contribution in [2.24, 2.45) is 5.92 Å². The first kappa shape index (κ1) is 13.6. The molecule has 2 atom stereocenters. The summed E-state index contributed by atoms with van der Waals surface area (Å²) >= 11 is 0. The van der Waals surface area contributed by atoms with Gasteiger partial charge < -0.3 is 10.2 Å². The van der Waals surface area contributed by atoms with Gasteiger partial charge in [0.25, 0.3) is 0 Å². The quantitative estimate of drug-likeness (QED) is 0.834. The predicted molar refractivity (Wildman–Crippen MR) is 74.1 cm³/mol. The molecule has 2 aliphatic heterocycles. The van der Waals surface area contributed by atoms with Crippen molar-refractivity contribution in [2.45, 2.75) is 38.4 Å². The van der Waals surface area contributed by atoms with Crippen LogP contribution in [0.1, 0.15) is 31.7 Å².